The van der Waals surface area contributed by atoms with Crippen molar-refractivity contribution >= 4 is 17.4 Å². The second-order valence-electron chi connectivity index (χ2n) is 5.12. The molecule has 0 radical (unpaired) electrons. The van der Waals surface area contributed by atoms with Crippen molar-refractivity contribution in [3.05, 3.63) is 76.5 Å². The van der Waals surface area contributed by atoms with Gasteiger partial charge in [-0.3, -0.25) is 5.43 Å². The maximum absolute atomic E-state index is 3.52. The lowest BCUT2D eigenvalue weighted by Crippen LogP contribution is -2.19. The summed E-state index contributed by atoms with van der Waals surface area (Å²) in [7, 11) is 0. The number of benzene rings is 2. The minimum atomic E-state index is 0.269. The van der Waals surface area contributed by atoms with Crippen LogP contribution in [0.2, 0.25) is 0 Å². The Morgan fingerprint density at radius 3 is 2.17 bits per heavy atom. The standard InChI is InChI=1S/C17H19N3S.C2H6/c1-12-8-10-14(11-9-12)17-18-13(2)16(21-17)20-19-15-6-4-3-5-7-15;1-2/h3-11,17-20H,1-2H3;1-2H3. The molecule has 0 saturated heterocycles. The minimum Gasteiger partial charge on any atom is -0.371 e. The quantitative estimate of drug-likeness (QED) is 0.678. The summed E-state index contributed by atoms with van der Waals surface area (Å²) in [6.07, 6.45) is 0. The Balaban J connectivity index is 0.000000924. The average Bonchev–Trinajstić information content (AvgIpc) is 2.97. The summed E-state index contributed by atoms with van der Waals surface area (Å²) >= 11 is 1.79. The Labute approximate surface area is 143 Å². The van der Waals surface area contributed by atoms with Gasteiger partial charge in [0.2, 0.25) is 0 Å². The lowest BCUT2D eigenvalue weighted by atomic mass is 10.1. The van der Waals surface area contributed by atoms with Gasteiger partial charge in [0, 0.05) is 5.70 Å². The van der Waals surface area contributed by atoms with E-state index in [4.69, 9.17) is 0 Å². The van der Waals surface area contributed by atoms with E-state index in [1.165, 1.54) is 11.1 Å². The predicted molar refractivity (Wildman–Crippen MR) is 102 cm³/mol. The Kier molecular flexibility index (Phi) is 6.41. The van der Waals surface area contributed by atoms with E-state index >= 15 is 0 Å². The first-order chi connectivity index (χ1) is 11.2. The smallest absolute Gasteiger partial charge is 0.108 e. The summed E-state index contributed by atoms with van der Waals surface area (Å²) < 4.78 is 0. The van der Waals surface area contributed by atoms with E-state index in [1.54, 1.807) is 11.8 Å². The molecule has 3 nitrogen and oxygen atoms in total. The molecular weight excluding hydrogens is 302 g/mol. The summed E-state index contributed by atoms with van der Waals surface area (Å²) in [5.41, 5.74) is 11.3. The van der Waals surface area contributed by atoms with E-state index in [1.807, 2.05) is 44.2 Å². The molecule has 0 fully saturated rings. The molecule has 1 atom stereocenters. The summed E-state index contributed by atoms with van der Waals surface area (Å²) in [5, 5.41) is 4.91. The van der Waals surface area contributed by atoms with E-state index < -0.39 is 0 Å². The Morgan fingerprint density at radius 2 is 1.52 bits per heavy atom. The molecule has 2 aromatic carbocycles. The topological polar surface area (TPSA) is 36.1 Å². The van der Waals surface area contributed by atoms with Crippen LogP contribution >= 0.6 is 11.8 Å². The monoisotopic (exact) mass is 327 g/mol. The highest BCUT2D eigenvalue weighted by molar-refractivity contribution is 8.03. The molecule has 1 aliphatic rings. The van der Waals surface area contributed by atoms with Gasteiger partial charge in [0.05, 0.1) is 5.69 Å². The fourth-order valence-electron chi connectivity index (χ4n) is 2.16. The zero-order valence-corrected chi connectivity index (χ0v) is 15.0. The first-order valence-electron chi connectivity index (χ1n) is 8.00. The zero-order valence-electron chi connectivity index (χ0n) is 14.2. The second-order valence-corrected chi connectivity index (χ2v) is 6.24. The highest BCUT2D eigenvalue weighted by Gasteiger charge is 2.23. The van der Waals surface area contributed by atoms with Crippen LogP contribution in [0.1, 0.15) is 37.3 Å². The van der Waals surface area contributed by atoms with Gasteiger partial charge in [0.15, 0.2) is 0 Å². The van der Waals surface area contributed by atoms with E-state index in [0.717, 1.165) is 16.4 Å². The van der Waals surface area contributed by atoms with Crippen molar-refractivity contribution in [1.29, 1.82) is 0 Å². The minimum absolute atomic E-state index is 0.269. The van der Waals surface area contributed by atoms with Crippen molar-refractivity contribution in [2.24, 2.45) is 0 Å². The molecule has 0 spiro atoms. The van der Waals surface area contributed by atoms with E-state index in [9.17, 15) is 0 Å². The predicted octanol–water partition coefficient (Wildman–Crippen LogP) is 5.16. The molecule has 1 aliphatic heterocycles. The van der Waals surface area contributed by atoms with Crippen molar-refractivity contribution in [1.82, 2.24) is 10.7 Å². The van der Waals surface area contributed by atoms with E-state index in [-0.39, 0.29) is 5.37 Å². The number of thioether (sulfide) groups is 1. The Bertz CT molecular complexity index is 635. The number of hydrogen-bond donors (Lipinski definition) is 3. The number of nitrogens with one attached hydrogen (secondary N) is 3. The summed E-state index contributed by atoms with van der Waals surface area (Å²) in [6, 6.07) is 18.8. The molecule has 0 aliphatic carbocycles. The van der Waals surface area contributed by atoms with Crippen LogP contribution in [0.25, 0.3) is 0 Å². The van der Waals surface area contributed by atoms with Crippen LogP contribution < -0.4 is 16.2 Å². The van der Waals surface area contributed by atoms with E-state index in [2.05, 4.69) is 54.3 Å². The molecule has 3 rings (SSSR count). The zero-order chi connectivity index (χ0) is 16.7. The molecule has 0 aromatic heterocycles. The fourth-order valence-corrected chi connectivity index (χ4v) is 3.27. The fraction of sp³-hybridized carbons (Fsp3) is 0.263. The molecule has 0 bridgehead atoms. The number of para-hydroxylation sites is 1. The van der Waals surface area contributed by atoms with Gasteiger partial charge >= 0.3 is 0 Å². The summed E-state index contributed by atoms with van der Waals surface area (Å²) in [6.45, 7) is 8.20. The van der Waals surface area contributed by atoms with Gasteiger partial charge in [-0.1, -0.05) is 73.6 Å². The highest BCUT2D eigenvalue weighted by atomic mass is 32.2. The van der Waals surface area contributed by atoms with Crippen LogP contribution in [0.5, 0.6) is 0 Å². The number of anilines is 1. The van der Waals surface area contributed by atoms with Gasteiger partial charge in [0.1, 0.15) is 10.4 Å². The van der Waals surface area contributed by atoms with Crippen molar-refractivity contribution in [3.63, 3.8) is 0 Å². The van der Waals surface area contributed by atoms with Gasteiger partial charge < -0.3 is 10.7 Å². The van der Waals surface area contributed by atoms with Crippen molar-refractivity contribution in [3.8, 4) is 0 Å². The van der Waals surface area contributed by atoms with Crippen molar-refractivity contribution in [2.45, 2.75) is 33.1 Å². The third kappa shape index (κ3) is 4.70. The van der Waals surface area contributed by atoms with Gasteiger partial charge in [0.25, 0.3) is 0 Å². The summed E-state index contributed by atoms with van der Waals surface area (Å²) in [5.74, 6) is 0. The first kappa shape index (κ1) is 17.3. The number of rotatable bonds is 4. The molecule has 2 aromatic rings. The molecule has 3 N–H and O–H groups in total. The van der Waals surface area contributed by atoms with Crippen molar-refractivity contribution < 1.29 is 0 Å². The van der Waals surface area contributed by atoms with Crippen LogP contribution in [0.3, 0.4) is 0 Å². The molecule has 0 amide bonds. The van der Waals surface area contributed by atoms with E-state index in [0.29, 0.717) is 0 Å². The van der Waals surface area contributed by atoms with Gasteiger partial charge in [-0.05, 0) is 31.5 Å². The van der Waals surface area contributed by atoms with Crippen LogP contribution in [0, 0.1) is 6.92 Å². The van der Waals surface area contributed by atoms with Crippen LogP contribution in [0.15, 0.2) is 65.3 Å². The maximum Gasteiger partial charge on any atom is 0.108 e. The molecule has 122 valence electrons. The number of hydrogen-bond acceptors (Lipinski definition) is 4. The normalized spacial score (nSPS) is 16.3. The third-order valence-electron chi connectivity index (χ3n) is 3.40. The third-order valence-corrected chi connectivity index (χ3v) is 4.67. The van der Waals surface area contributed by atoms with Gasteiger partial charge in [-0.25, -0.2) is 0 Å². The van der Waals surface area contributed by atoms with Crippen LogP contribution in [-0.4, -0.2) is 0 Å². The van der Waals surface area contributed by atoms with Crippen LogP contribution in [0.4, 0.5) is 5.69 Å². The first-order valence-corrected chi connectivity index (χ1v) is 8.88. The molecule has 4 heteroatoms. The SMILES string of the molecule is CC.CC1=C(NNc2ccccc2)SC(c2ccc(C)cc2)N1. The Hall–Kier alpha value is -2.07. The largest absolute Gasteiger partial charge is 0.371 e. The Morgan fingerprint density at radius 1 is 0.870 bits per heavy atom. The second kappa shape index (κ2) is 8.53. The van der Waals surface area contributed by atoms with Crippen molar-refractivity contribution in [2.75, 3.05) is 5.43 Å². The number of aryl methyl sites for hydroxylation is 1. The highest BCUT2D eigenvalue weighted by Crippen LogP contribution is 2.38. The summed E-state index contributed by atoms with van der Waals surface area (Å²) in [4.78, 5) is 0. The van der Waals surface area contributed by atoms with Gasteiger partial charge in [-0.2, -0.15) is 0 Å². The molecule has 0 saturated carbocycles. The number of hydrazine groups is 1. The lowest BCUT2D eigenvalue weighted by molar-refractivity contribution is 0.802. The van der Waals surface area contributed by atoms with Gasteiger partial charge in [-0.15, -0.1) is 0 Å². The molecular formula is C19H25N3S. The maximum atomic E-state index is 3.52. The average molecular weight is 327 g/mol. The molecule has 1 unspecified atom stereocenters. The van der Waals surface area contributed by atoms with Crippen LogP contribution in [-0.2, 0) is 0 Å². The number of allylic oxidation sites excluding steroid dienone is 1. The molecule has 1 heterocycles. The molecule has 23 heavy (non-hydrogen) atoms. The lowest BCUT2D eigenvalue weighted by Gasteiger charge is -2.13.